The first-order valence-electron chi connectivity index (χ1n) is 8.19. The number of carbonyl (C=O) groups excluding carboxylic acids is 1. The van der Waals surface area contributed by atoms with E-state index in [4.69, 9.17) is 9.47 Å². The molecule has 2 N–H and O–H groups in total. The maximum Gasteiger partial charge on any atom is 0.409 e. The van der Waals surface area contributed by atoms with Gasteiger partial charge in [0.05, 0.1) is 13.2 Å². The third-order valence-electron chi connectivity index (χ3n) is 4.17. The van der Waals surface area contributed by atoms with E-state index in [2.05, 4.69) is 15.6 Å². The van der Waals surface area contributed by atoms with Crippen LogP contribution in [0.4, 0.5) is 4.79 Å². The zero-order valence-corrected chi connectivity index (χ0v) is 13.6. The molecule has 0 radical (unpaired) electrons. The lowest BCUT2D eigenvalue weighted by Crippen LogP contribution is -2.50. The number of nitrogens with zero attached hydrogens (tertiary/aromatic N) is 2. The highest BCUT2D eigenvalue weighted by molar-refractivity contribution is 5.80. The molecule has 22 heavy (non-hydrogen) atoms. The summed E-state index contributed by atoms with van der Waals surface area (Å²) in [5.41, 5.74) is 0. The molecule has 1 unspecified atom stereocenters. The number of carbonyl (C=O) groups is 1. The van der Waals surface area contributed by atoms with Gasteiger partial charge in [-0.15, -0.1) is 0 Å². The zero-order chi connectivity index (χ0) is 15.8. The maximum absolute atomic E-state index is 11.7. The largest absolute Gasteiger partial charge is 0.450 e. The lowest BCUT2D eigenvalue weighted by molar-refractivity contribution is 0.0963. The summed E-state index contributed by atoms with van der Waals surface area (Å²) in [6, 6.07) is 0.344. The number of likely N-dealkylation sites (tertiary alicyclic amines) is 1. The number of ether oxygens (including phenoxy) is 2. The number of nitrogens with one attached hydrogen (secondary N) is 2. The van der Waals surface area contributed by atoms with Crippen molar-refractivity contribution in [1.29, 1.82) is 0 Å². The Bertz CT molecular complexity index is 375. The van der Waals surface area contributed by atoms with Crippen molar-refractivity contribution in [3.05, 3.63) is 0 Å². The molecule has 0 spiro atoms. The van der Waals surface area contributed by atoms with Gasteiger partial charge >= 0.3 is 6.09 Å². The van der Waals surface area contributed by atoms with E-state index >= 15 is 0 Å². The fourth-order valence-corrected chi connectivity index (χ4v) is 2.79. The first kappa shape index (κ1) is 16.9. The number of aliphatic imine (C=N–C) groups is 1. The van der Waals surface area contributed by atoms with E-state index < -0.39 is 0 Å². The minimum atomic E-state index is -0.204. The summed E-state index contributed by atoms with van der Waals surface area (Å²) in [5, 5.41) is 6.81. The van der Waals surface area contributed by atoms with Crippen LogP contribution in [0.1, 0.15) is 26.2 Å². The number of amides is 1. The van der Waals surface area contributed by atoms with Crippen LogP contribution in [0.5, 0.6) is 0 Å². The average molecular weight is 312 g/mol. The van der Waals surface area contributed by atoms with E-state index in [9.17, 15) is 4.79 Å². The van der Waals surface area contributed by atoms with Gasteiger partial charge in [0, 0.05) is 45.2 Å². The second-order valence-electron chi connectivity index (χ2n) is 5.79. The normalized spacial score (nSPS) is 23.5. The predicted molar refractivity (Wildman–Crippen MR) is 85.0 cm³/mol. The molecule has 126 valence electrons. The Kier molecular flexibility index (Phi) is 6.76. The molecule has 0 bridgehead atoms. The highest BCUT2D eigenvalue weighted by Crippen LogP contribution is 2.12. The molecular formula is C15H28N4O3. The zero-order valence-electron chi connectivity index (χ0n) is 13.6. The number of guanidine groups is 1. The first-order chi connectivity index (χ1) is 10.7. The number of hydrogen-bond donors (Lipinski definition) is 2. The Morgan fingerprint density at radius 3 is 2.73 bits per heavy atom. The smallest absolute Gasteiger partial charge is 0.409 e. The summed E-state index contributed by atoms with van der Waals surface area (Å²) in [4.78, 5) is 17.7. The summed E-state index contributed by atoms with van der Waals surface area (Å²) in [5.74, 6) is 1.41. The van der Waals surface area contributed by atoms with Crippen LogP contribution in [0.3, 0.4) is 0 Å². The van der Waals surface area contributed by atoms with Crippen molar-refractivity contribution in [3.8, 4) is 0 Å². The molecule has 2 heterocycles. The second kappa shape index (κ2) is 8.82. The molecule has 7 nitrogen and oxygen atoms in total. The van der Waals surface area contributed by atoms with Crippen molar-refractivity contribution < 1.29 is 14.3 Å². The van der Waals surface area contributed by atoms with Crippen LogP contribution in [0, 0.1) is 5.92 Å². The Hall–Kier alpha value is -1.50. The Labute approximate surface area is 132 Å². The maximum atomic E-state index is 11.7. The monoisotopic (exact) mass is 312 g/mol. The van der Waals surface area contributed by atoms with Gasteiger partial charge in [-0.1, -0.05) is 0 Å². The molecule has 1 atom stereocenters. The summed E-state index contributed by atoms with van der Waals surface area (Å²) in [6.45, 7) is 6.30. The molecular weight excluding hydrogens is 284 g/mol. The van der Waals surface area contributed by atoms with Gasteiger partial charge in [-0.3, -0.25) is 4.99 Å². The third-order valence-corrected chi connectivity index (χ3v) is 4.17. The second-order valence-corrected chi connectivity index (χ2v) is 5.79. The molecule has 7 heteroatoms. The lowest BCUT2D eigenvalue weighted by Gasteiger charge is -2.32. The SMILES string of the molecule is CCOC(=O)N1CCC(NC(=NC)NCC2CCOC2)CC1. The molecule has 0 aromatic carbocycles. The van der Waals surface area contributed by atoms with Crippen LogP contribution in [0.25, 0.3) is 0 Å². The Morgan fingerprint density at radius 1 is 1.36 bits per heavy atom. The topological polar surface area (TPSA) is 75.2 Å². The molecule has 0 aromatic heterocycles. The van der Waals surface area contributed by atoms with Gasteiger partial charge in [0.2, 0.25) is 0 Å². The van der Waals surface area contributed by atoms with E-state index in [0.29, 0.717) is 18.6 Å². The molecule has 1 amide bonds. The molecule has 2 aliphatic rings. The van der Waals surface area contributed by atoms with E-state index in [1.54, 1.807) is 11.9 Å². The van der Waals surface area contributed by atoms with Crippen molar-refractivity contribution in [1.82, 2.24) is 15.5 Å². The molecule has 0 aliphatic carbocycles. The minimum Gasteiger partial charge on any atom is -0.450 e. The fourth-order valence-electron chi connectivity index (χ4n) is 2.79. The lowest BCUT2D eigenvalue weighted by atomic mass is 10.1. The van der Waals surface area contributed by atoms with Crippen LogP contribution in [0.15, 0.2) is 4.99 Å². The highest BCUT2D eigenvalue weighted by atomic mass is 16.6. The number of hydrogen-bond acceptors (Lipinski definition) is 4. The fraction of sp³-hybridized carbons (Fsp3) is 0.867. The molecule has 2 saturated heterocycles. The molecule has 2 aliphatic heterocycles. The third kappa shape index (κ3) is 5.05. The van der Waals surface area contributed by atoms with Gasteiger partial charge in [-0.25, -0.2) is 4.79 Å². The average Bonchev–Trinajstić information content (AvgIpc) is 3.05. The quantitative estimate of drug-likeness (QED) is 0.593. The summed E-state index contributed by atoms with van der Waals surface area (Å²) in [7, 11) is 1.79. The Balaban J connectivity index is 1.68. The van der Waals surface area contributed by atoms with E-state index in [0.717, 1.165) is 58.1 Å². The van der Waals surface area contributed by atoms with Crippen molar-refractivity contribution in [3.63, 3.8) is 0 Å². The van der Waals surface area contributed by atoms with Crippen molar-refractivity contribution in [2.45, 2.75) is 32.2 Å². The van der Waals surface area contributed by atoms with Gasteiger partial charge in [-0.05, 0) is 26.2 Å². The highest BCUT2D eigenvalue weighted by Gasteiger charge is 2.24. The van der Waals surface area contributed by atoms with E-state index in [-0.39, 0.29) is 6.09 Å². The molecule has 2 rings (SSSR count). The minimum absolute atomic E-state index is 0.204. The van der Waals surface area contributed by atoms with Gasteiger partial charge in [0.25, 0.3) is 0 Å². The summed E-state index contributed by atoms with van der Waals surface area (Å²) < 4.78 is 10.4. The van der Waals surface area contributed by atoms with Crippen LogP contribution in [0.2, 0.25) is 0 Å². The van der Waals surface area contributed by atoms with Crippen LogP contribution in [-0.4, -0.2) is 69.5 Å². The summed E-state index contributed by atoms with van der Waals surface area (Å²) in [6.07, 6.45) is 2.73. The number of rotatable bonds is 4. The Morgan fingerprint density at radius 2 is 2.14 bits per heavy atom. The van der Waals surface area contributed by atoms with E-state index in [1.807, 2.05) is 6.92 Å². The van der Waals surface area contributed by atoms with Crippen molar-refractivity contribution in [2.75, 3.05) is 46.5 Å². The van der Waals surface area contributed by atoms with Crippen LogP contribution < -0.4 is 10.6 Å². The standard InChI is InChI=1S/C15H28N4O3/c1-3-22-15(20)19-7-4-13(5-8-19)18-14(16-2)17-10-12-6-9-21-11-12/h12-13H,3-11H2,1-2H3,(H2,16,17,18). The van der Waals surface area contributed by atoms with Gasteiger partial charge in [0.15, 0.2) is 5.96 Å². The summed E-state index contributed by atoms with van der Waals surface area (Å²) >= 11 is 0. The molecule has 2 fully saturated rings. The van der Waals surface area contributed by atoms with Crippen molar-refractivity contribution in [2.24, 2.45) is 10.9 Å². The van der Waals surface area contributed by atoms with Crippen LogP contribution >= 0.6 is 0 Å². The molecule has 0 aromatic rings. The van der Waals surface area contributed by atoms with Crippen LogP contribution in [-0.2, 0) is 9.47 Å². The van der Waals surface area contributed by atoms with Gasteiger partial charge in [-0.2, -0.15) is 0 Å². The van der Waals surface area contributed by atoms with Gasteiger partial charge < -0.3 is 25.0 Å². The van der Waals surface area contributed by atoms with E-state index in [1.165, 1.54) is 0 Å². The molecule has 0 saturated carbocycles. The van der Waals surface area contributed by atoms with Gasteiger partial charge in [0.1, 0.15) is 0 Å². The van der Waals surface area contributed by atoms with Crippen molar-refractivity contribution >= 4 is 12.1 Å². The first-order valence-corrected chi connectivity index (χ1v) is 8.19. The predicted octanol–water partition coefficient (Wildman–Crippen LogP) is 0.809. The number of piperidine rings is 1.